The van der Waals surface area contributed by atoms with Gasteiger partial charge in [-0.1, -0.05) is 106 Å². The Hall–Kier alpha value is -7.98. The molecule has 0 unspecified atom stereocenters. The molecule has 384 valence electrons. The number of ether oxygens (including phenoxy) is 4. The van der Waals surface area contributed by atoms with Crippen LogP contribution < -0.4 is 9.80 Å². The molecule has 0 amide bonds. The quantitative estimate of drug-likeness (QED) is 0.0214. The van der Waals surface area contributed by atoms with Crippen LogP contribution in [-0.2, 0) is 63.8 Å². The smallest absolute Gasteiger partial charge is 0.333 e. The van der Waals surface area contributed by atoms with Gasteiger partial charge in [0, 0.05) is 50.8 Å². The van der Waals surface area contributed by atoms with Crippen molar-refractivity contribution in [3.63, 3.8) is 0 Å². The average molecular weight is 995 g/mol. The second-order valence-electron chi connectivity index (χ2n) is 18.9. The molecule has 6 rings (SSSR count). The molecule has 0 heterocycles. The van der Waals surface area contributed by atoms with Gasteiger partial charge in [0.15, 0.2) is 0 Å². The van der Waals surface area contributed by atoms with Crippen LogP contribution in [0, 0.1) is 5.92 Å². The Kier molecular flexibility index (Phi) is 20.7. The molecule has 0 aliphatic heterocycles. The van der Waals surface area contributed by atoms with Crippen molar-refractivity contribution in [1.29, 1.82) is 0 Å². The first-order chi connectivity index (χ1) is 35.7. The van der Waals surface area contributed by atoms with E-state index < -0.39 is 0 Å². The number of anilines is 6. The van der Waals surface area contributed by atoms with Crippen LogP contribution in [0.5, 0.6) is 0 Å². The van der Waals surface area contributed by atoms with E-state index >= 15 is 0 Å². The van der Waals surface area contributed by atoms with Gasteiger partial charge in [0.05, 0.1) is 32.3 Å². The number of benzene rings is 6. The monoisotopic (exact) mass is 995 g/mol. The zero-order chi connectivity index (χ0) is 53.0. The van der Waals surface area contributed by atoms with Crippen LogP contribution in [0.1, 0.15) is 82.6 Å². The van der Waals surface area contributed by atoms with E-state index in [1.54, 1.807) is 20.8 Å². The molecule has 0 aliphatic rings. The summed E-state index contributed by atoms with van der Waals surface area (Å²) >= 11 is 0. The summed E-state index contributed by atoms with van der Waals surface area (Å²) in [5.41, 5.74) is 13.9. The second-order valence-corrected chi connectivity index (χ2v) is 18.9. The molecule has 0 saturated heterocycles. The van der Waals surface area contributed by atoms with E-state index in [-0.39, 0.29) is 29.8 Å². The second kappa shape index (κ2) is 27.7. The highest BCUT2D eigenvalue weighted by molar-refractivity contribution is 5.88. The number of carbonyl (C=O) groups is 4. The van der Waals surface area contributed by atoms with Crippen molar-refractivity contribution in [2.45, 2.75) is 86.0 Å². The van der Waals surface area contributed by atoms with E-state index in [1.807, 2.05) is 13.8 Å². The molecule has 0 N–H and O–H groups in total. The van der Waals surface area contributed by atoms with Gasteiger partial charge in [-0.05, 0) is 178 Å². The van der Waals surface area contributed by atoms with Crippen molar-refractivity contribution in [2.24, 2.45) is 5.92 Å². The Labute approximate surface area is 437 Å². The van der Waals surface area contributed by atoms with E-state index in [1.165, 1.54) is 0 Å². The first-order valence-electron chi connectivity index (χ1n) is 25.5. The topological polar surface area (TPSA) is 112 Å². The van der Waals surface area contributed by atoms with E-state index in [4.69, 9.17) is 18.9 Å². The molecule has 0 atom stereocenters. The van der Waals surface area contributed by atoms with Crippen LogP contribution in [0.2, 0.25) is 0 Å². The maximum atomic E-state index is 12.0. The van der Waals surface area contributed by atoms with Crippen molar-refractivity contribution < 1.29 is 38.1 Å². The lowest BCUT2D eigenvalue weighted by Crippen LogP contribution is -2.12. The van der Waals surface area contributed by atoms with Gasteiger partial charge in [0.1, 0.15) is 0 Å². The Morgan fingerprint density at radius 3 is 0.797 bits per heavy atom. The fourth-order valence-corrected chi connectivity index (χ4v) is 8.06. The standard InChI is InChI=1S/C64H70N2O8/c1-45(2)61(67)71-41-9-13-49-17-29-55(30-18-49)65(56-31-19-50(20-32-56)14-10-42-72-62(68)46(3)4)59-37-25-53(26-38-59)54-27-39-60(40-28-54)66(57-33-21-51(22-34-57)15-11-43-73-63(69)47(5)6)58-35-23-52(24-36-58)16-12-44-74-64(70)48(7)8/h17-40,48H,1,3,5,9-16,41-44H2,2,4,6-8H3. The minimum absolute atomic E-state index is 0.144. The molecular weight excluding hydrogens is 925 g/mol. The highest BCUT2D eigenvalue weighted by Crippen LogP contribution is 2.39. The van der Waals surface area contributed by atoms with Gasteiger partial charge in [-0.2, -0.15) is 0 Å². The van der Waals surface area contributed by atoms with E-state index in [0.717, 1.165) is 99.6 Å². The van der Waals surface area contributed by atoms with Gasteiger partial charge in [-0.3, -0.25) is 4.79 Å². The van der Waals surface area contributed by atoms with Crippen molar-refractivity contribution in [2.75, 3.05) is 36.2 Å². The number of aryl methyl sites for hydroxylation is 4. The van der Waals surface area contributed by atoms with E-state index in [9.17, 15) is 19.2 Å². The minimum atomic E-state index is -0.370. The molecule has 6 aromatic carbocycles. The Bertz CT molecular complexity index is 2750. The molecular formula is C64H70N2O8. The number of hydrogen-bond acceptors (Lipinski definition) is 10. The Morgan fingerprint density at radius 1 is 0.365 bits per heavy atom. The van der Waals surface area contributed by atoms with E-state index in [2.05, 4.69) is 175 Å². The summed E-state index contributed by atoms with van der Waals surface area (Å²) in [5, 5.41) is 0. The first kappa shape index (κ1) is 55.3. The molecule has 0 fully saturated rings. The van der Waals surface area contributed by atoms with Crippen LogP contribution in [0.3, 0.4) is 0 Å². The lowest BCUT2D eigenvalue weighted by Gasteiger charge is -2.27. The largest absolute Gasteiger partial charge is 0.465 e. The Balaban J connectivity index is 1.21. The summed E-state index contributed by atoms with van der Waals surface area (Å²) in [6.45, 7) is 21.0. The van der Waals surface area contributed by atoms with Crippen molar-refractivity contribution in [3.8, 4) is 11.1 Å². The lowest BCUT2D eigenvalue weighted by molar-refractivity contribution is -0.147. The minimum Gasteiger partial charge on any atom is -0.465 e. The molecule has 0 radical (unpaired) electrons. The molecule has 0 aromatic heterocycles. The number of hydrogen-bond donors (Lipinski definition) is 0. The highest BCUT2D eigenvalue weighted by atomic mass is 16.5. The maximum Gasteiger partial charge on any atom is 0.333 e. The molecule has 0 aliphatic carbocycles. The van der Waals surface area contributed by atoms with Crippen molar-refractivity contribution in [3.05, 3.63) is 204 Å². The molecule has 10 nitrogen and oxygen atoms in total. The van der Waals surface area contributed by atoms with Crippen molar-refractivity contribution >= 4 is 58.0 Å². The highest BCUT2D eigenvalue weighted by Gasteiger charge is 2.17. The third-order valence-electron chi connectivity index (χ3n) is 12.3. The van der Waals surface area contributed by atoms with Gasteiger partial charge in [0.2, 0.25) is 0 Å². The van der Waals surface area contributed by atoms with Gasteiger partial charge in [-0.25, -0.2) is 14.4 Å². The maximum absolute atomic E-state index is 12.0. The van der Waals surface area contributed by atoms with E-state index in [0.29, 0.717) is 62.4 Å². The summed E-state index contributed by atoms with van der Waals surface area (Å²) in [6.07, 6.45) is 5.95. The molecule has 0 saturated carbocycles. The third kappa shape index (κ3) is 16.5. The van der Waals surface area contributed by atoms with Gasteiger partial charge < -0.3 is 28.7 Å². The van der Waals surface area contributed by atoms with Gasteiger partial charge in [0.25, 0.3) is 0 Å². The number of carbonyl (C=O) groups excluding carboxylic acids is 4. The molecule has 10 heteroatoms. The molecule has 6 aromatic rings. The normalized spacial score (nSPS) is 10.8. The predicted octanol–water partition coefficient (Wildman–Crippen LogP) is 14.6. The van der Waals surface area contributed by atoms with Crippen LogP contribution >= 0.6 is 0 Å². The fourth-order valence-electron chi connectivity index (χ4n) is 8.06. The van der Waals surface area contributed by atoms with Crippen LogP contribution in [-0.4, -0.2) is 50.3 Å². The predicted molar refractivity (Wildman–Crippen MR) is 298 cm³/mol. The average Bonchev–Trinajstić information content (AvgIpc) is 3.40. The van der Waals surface area contributed by atoms with Crippen molar-refractivity contribution in [1.82, 2.24) is 0 Å². The number of esters is 4. The summed E-state index contributed by atoms with van der Waals surface area (Å²) in [6, 6.07) is 51.2. The summed E-state index contributed by atoms with van der Waals surface area (Å²) in [7, 11) is 0. The zero-order valence-electron chi connectivity index (χ0n) is 43.7. The zero-order valence-corrected chi connectivity index (χ0v) is 43.7. The summed E-state index contributed by atoms with van der Waals surface area (Å²) < 4.78 is 21.4. The van der Waals surface area contributed by atoms with Crippen LogP contribution in [0.15, 0.2) is 182 Å². The molecule has 0 spiro atoms. The van der Waals surface area contributed by atoms with Gasteiger partial charge >= 0.3 is 23.9 Å². The Morgan fingerprint density at radius 2 is 0.581 bits per heavy atom. The summed E-state index contributed by atoms with van der Waals surface area (Å²) in [4.78, 5) is 52.0. The third-order valence-corrected chi connectivity index (χ3v) is 12.3. The number of nitrogens with zero attached hydrogens (tertiary/aromatic N) is 2. The van der Waals surface area contributed by atoms with Crippen LogP contribution in [0.4, 0.5) is 34.1 Å². The van der Waals surface area contributed by atoms with Gasteiger partial charge in [-0.15, -0.1) is 0 Å². The summed E-state index contributed by atoms with van der Waals surface area (Å²) in [5.74, 6) is -1.43. The molecule has 74 heavy (non-hydrogen) atoms. The first-order valence-corrected chi connectivity index (χ1v) is 25.5. The molecule has 0 bridgehead atoms. The SMILES string of the molecule is C=C(C)C(=O)OCCCc1ccc(N(c2ccc(CCCOC(=O)C(=C)C)cc2)c2ccc(-c3ccc(N(c4ccc(CCCOC(=O)C(=C)C)cc4)c4ccc(CCCOC(=O)C(C)C)cc4)cc3)cc2)cc1. The number of rotatable bonds is 27. The fraction of sp³-hybridized carbons (Fsp3) is 0.281. The lowest BCUT2D eigenvalue weighted by atomic mass is 10.0. The van der Waals surface area contributed by atoms with Crippen LogP contribution in [0.25, 0.3) is 11.1 Å².